The second-order valence-corrected chi connectivity index (χ2v) is 9.88. The molecular weight excluding hydrogens is 567 g/mol. The third kappa shape index (κ3) is 9.49. The van der Waals surface area contributed by atoms with E-state index in [1.54, 1.807) is 0 Å². The van der Waals surface area contributed by atoms with Gasteiger partial charge < -0.3 is 90.4 Å². The van der Waals surface area contributed by atoms with Crippen LogP contribution in [-0.2, 0) is 23.3 Å². The van der Waals surface area contributed by atoms with Crippen molar-refractivity contribution in [3.63, 3.8) is 0 Å². The average Bonchev–Trinajstić information content (AvgIpc) is 3.15. The zero-order valence-corrected chi connectivity index (χ0v) is 21.1. The number of ether oxygens (including phenoxy) is 3. The summed E-state index contributed by atoms with van der Waals surface area (Å²) < 4.78 is 29.6. The van der Waals surface area contributed by atoms with Gasteiger partial charge in [0.1, 0.15) is 73.8 Å². The highest BCUT2D eigenvalue weighted by atomic mass is 31.2. The minimum atomic E-state index is -4.78. The number of aliphatic hydroxyl groups excluding tert-OH is 13. The molecule has 15 N–H and O–H groups in total. The van der Waals surface area contributed by atoms with Crippen molar-refractivity contribution < 1.29 is 99.5 Å². The maximum atomic E-state index is 10.2. The topological polar surface area (TPSA) is 357 Å². The second kappa shape index (κ2) is 15.6. The summed E-state index contributed by atoms with van der Waals surface area (Å²) in [5.74, 6) is -2.22. The summed E-state index contributed by atoms with van der Waals surface area (Å²) >= 11 is 0. The molecule has 20 nitrogen and oxygen atoms in total. The van der Waals surface area contributed by atoms with Gasteiger partial charge in [0.2, 0.25) is 5.79 Å². The molecule has 0 aromatic heterocycles. The van der Waals surface area contributed by atoms with E-state index in [4.69, 9.17) is 54.6 Å². The molecule has 2 saturated heterocycles. The van der Waals surface area contributed by atoms with E-state index >= 15 is 0 Å². The first kappa shape index (κ1) is 36.5. The Morgan fingerprint density at radius 2 is 1.31 bits per heavy atom. The van der Waals surface area contributed by atoms with E-state index in [9.17, 15) is 40.3 Å². The van der Waals surface area contributed by atoms with Crippen molar-refractivity contribution >= 4 is 7.82 Å². The molecule has 2 heterocycles. The first-order chi connectivity index (χ1) is 18.0. The first-order valence-electron chi connectivity index (χ1n) is 11.3. The Morgan fingerprint density at radius 3 is 1.74 bits per heavy atom. The van der Waals surface area contributed by atoms with Crippen molar-refractivity contribution in [3.8, 4) is 0 Å². The first-order valence-corrected chi connectivity index (χ1v) is 12.8. The van der Waals surface area contributed by atoms with Crippen LogP contribution in [0.25, 0.3) is 0 Å². The minimum absolute atomic E-state index is 0.669. The maximum Gasteiger partial charge on any atom is 0.469 e. The van der Waals surface area contributed by atoms with Crippen LogP contribution in [0.4, 0.5) is 0 Å². The molecule has 0 radical (unpaired) electrons. The highest BCUT2D eigenvalue weighted by molar-refractivity contribution is 7.46. The Balaban J connectivity index is 0.000000420. The summed E-state index contributed by atoms with van der Waals surface area (Å²) in [6.45, 7) is -4.10. The van der Waals surface area contributed by atoms with E-state index in [1.807, 2.05) is 0 Å². The Labute approximate surface area is 220 Å². The van der Waals surface area contributed by atoms with Crippen LogP contribution in [0.3, 0.4) is 0 Å². The molecule has 13 atom stereocenters. The highest BCUT2D eigenvalue weighted by Crippen LogP contribution is 2.36. The molecule has 2 fully saturated rings. The normalized spacial score (nSPS) is 38.4. The zero-order valence-electron chi connectivity index (χ0n) is 20.2. The fraction of sp³-hybridized carbons (Fsp3) is 1.00. The van der Waals surface area contributed by atoms with Crippen molar-refractivity contribution in [1.29, 1.82) is 0 Å². The fourth-order valence-electron chi connectivity index (χ4n) is 3.47. The van der Waals surface area contributed by atoms with Gasteiger partial charge in [-0.25, -0.2) is 4.57 Å². The third-order valence-electron chi connectivity index (χ3n) is 5.81. The van der Waals surface area contributed by atoms with E-state index < -0.39 is 120 Å². The monoisotopic (exact) mass is 604 g/mol. The minimum Gasteiger partial charge on any atom is -0.394 e. The van der Waals surface area contributed by atoms with E-state index in [-0.39, 0.29) is 0 Å². The van der Waals surface area contributed by atoms with Crippen molar-refractivity contribution in [2.45, 2.75) is 79.2 Å². The smallest absolute Gasteiger partial charge is 0.394 e. The molecule has 0 bridgehead atoms. The Hall–Kier alpha value is -0.530. The van der Waals surface area contributed by atoms with Gasteiger partial charge in [-0.2, -0.15) is 0 Å². The number of phosphoric ester groups is 1. The van der Waals surface area contributed by atoms with Gasteiger partial charge in [-0.05, 0) is 0 Å². The third-order valence-corrected chi connectivity index (χ3v) is 6.29. The lowest BCUT2D eigenvalue weighted by molar-refractivity contribution is -0.383. The van der Waals surface area contributed by atoms with Crippen molar-refractivity contribution in [2.24, 2.45) is 0 Å². The summed E-state index contributed by atoms with van der Waals surface area (Å²) in [5.41, 5.74) is 0. The molecular formula is C18H37O20P. The van der Waals surface area contributed by atoms with Crippen LogP contribution in [0.5, 0.6) is 0 Å². The van der Waals surface area contributed by atoms with Gasteiger partial charge in [0.05, 0.1) is 26.4 Å². The van der Waals surface area contributed by atoms with E-state index in [1.165, 1.54) is 0 Å². The summed E-state index contributed by atoms with van der Waals surface area (Å²) in [5, 5.41) is 121. The maximum absolute atomic E-state index is 10.2. The fourth-order valence-corrected chi connectivity index (χ4v) is 3.81. The van der Waals surface area contributed by atoms with Crippen LogP contribution >= 0.6 is 7.82 Å². The lowest BCUT2D eigenvalue weighted by Gasteiger charge is -2.43. The predicted octanol–water partition coefficient (Wildman–Crippen LogP) is -8.86. The second-order valence-electron chi connectivity index (χ2n) is 8.64. The Bertz CT molecular complexity index is 754. The van der Waals surface area contributed by atoms with Crippen LogP contribution in [-0.4, -0.2) is 188 Å². The molecule has 0 unspecified atom stereocenters. The summed E-state index contributed by atoms with van der Waals surface area (Å²) in [6.07, 6.45) is -19.9. The SMILES string of the molecule is O=P(O)(O)OC[C@@H](O)[C@@H](O)[C@H](O)[C@H](O)CO.OC[C@H]1O[C@@](CO)(O[C@H]2O[C@H](CO)[C@@H](O)[C@H](O)[C@H]2O)[C@@H](O)[C@@H]1O. The summed E-state index contributed by atoms with van der Waals surface area (Å²) in [4.78, 5) is 16.6. The lowest BCUT2D eigenvalue weighted by Crippen LogP contribution is -2.62. The largest absolute Gasteiger partial charge is 0.469 e. The molecule has 2 aliphatic heterocycles. The molecule has 234 valence electrons. The molecule has 2 rings (SSSR count). The molecule has 0 aromatic carbocycles. The van der Waals surface area contributed by atoms with Crippen LogP contribution in [0.15, 0.2) is 0 Å². The number of hydrogen-bond donors (Lipinski definition) is 15. The summed E-state index contributed by atoms with van der Waals surface area (Å²) in [6, 6.07) is 0. The average molecular weight is 604 g/mol. The van der Waals surface area contributed by atoms with Crippen LogP contribution in [0.2, 0.25) is 0 Å². The van der Waals surface area contributed by atoms with Gasteiger partial charge in [0.25, 0.3) is 0 Å². The van der Waals surface area contributed by atoms with Gasteiger partial charge in [0, 0.05) is 0 Å². The van der Waals surface area contributed by atoms with Gasteiger partial charge in [-0.15, -0.1) is 0 Å². The molecule has 39 heavy (non-hydrogen) atoms. The number of rotatable bonds is 12. The van der Waals surface area contributed by atoms with E-state index in [0.29, 0.717) is 0 Å². The van der Waals surface area contributed by atoms with E-state index in [0.717, 1.165) is 0 Å². The molecule has 0 spiro atoms. The molecule has 2 aliphatic rings. The predicted molar refractivity (Wildman–Crippen MR) is 118 cm³/mol. The van der Waals surface area contributed by atoms with Gasteiger partial charge >= 0.3 is 7.82 Å². The Kier molecular flexibility index (Phi) is 14.6. The van der Waals surface area contributed by atoms with Crippen LogP contribution in [0, 0.1) is 0 Å². The van der Waals surface area contributed by atoms with Crippen molar-refractivity contribution in [3.05, 3.63) is 0 Å². The van der Waals surface area contributed by atoms with Gasteiger partial charge in [0.15, 0.2) is 6.29 Å². The summed E-state index contributed by atoms with van der Waals surface area (Å²) in [7, 11) is -4.78. The van der Waals surface area contributed by atoms with Crippen LogP contribution < -0.4 is 0 Å². The van der Waals surface area contributed by atoms with Gasteiger partial charge in [-0.1, -0.05) is 0 Å². The molecule has 0 amide bonds. The molecule has 0 aliphatic carbocycles. The molecule has 21 heteroatoms. The zero-order chi connectivity index (χ0) is 30.3. The van der Waals surface area contributed by atoms with Crippen LogP contribution in [0.1, 0.15) is 0 Å². The van der Waals surface area contributed by atoms with Gasteiger partial charge in [-0.3, -0.25) is 4.52 Å². The Morgan fingerprint density at radius 1 is 0.769 bits per heavy atom. The van der Waals surface area contributed by atoms with E-state index in [2.05, 4.69) is 4.52 Å². The standard InChI is InChI=1S/C12H22O11.C6H15O9P/c13-1-4-6(16)8(18)9(19)11(21-4)23-12(3-15)10(20)7(17)5(2-14)22-12;7-1-3(8)5(10)6(11)4(9)2-15-16(12,13)14/h4-11,13-20H,1-3H2;3-11H,1-2H2,(H2,12,13,14)/t4-,5-,6-,7-,8+,9-,10+,11-,12+;3-,4-,5-,6-/m11/s1. The molecule has 0 aromatic rings. The van der Waals surface area contributed by atoms with Crippen molar-refractivity contribution in [2.75, 3.05) is 33.0 Å². The number of aliphatic hydroxyl groups is 13. The number of phosphoric acid groups is 1. The highest BCUT2D eigenvalue weighted by Gasteiger charge is 2.58. The molecule has 0 saturated carbocycles. The quantitative estimate of drug-likeness (QED) is 0.0919. The number of hydrogen-bond acceptors (Lipinski definition) is 18. The lowest BCUT2D eigenvalue weighted by atomic mass is 9.99. The van der Waals surface area contributed by atoms with Crippen molar-refractivity contribution in [1.82, 2.24) is 0 Å².